The minimum absolute atomic E-state index is 0.0218. The van der Waals surface area contributed by atoms with Gasteiger partial charge in [-0.3, -0.25) is 9.59 Å². The molecule has 0 saturated heterocycles. The minimum atomic E-state index is -0.757. The lowest BCUT2D eigenvalue weighted by Crippen LogP contribution is -2.42. The standard InChI is InChI=1S/C32H28N4O6/c37-29-25-13-7-14-26(35-25)30(38)34-24(18-22-11-5-2-6-12-22)20-42-32(40)28-16-8-15-27(36-28)31(39)41-19-23(33-29)17-21-9-3-1-4-10-21/h1-16,23-24H,17-20H2,(H,33,37)(H,34,38)/t23-,24-/m0/s1. The van der Waals surface area contributed by atoms with Gasteiger partial charge in [0.2, 0.25) is 0 Å². The number of amides is 2. The third-order valence-corrected chi connectivity index (χ3v) is 6.53. The highest BCUT2D eigenvalue weighted by Crippen LogP contribution is 2.11. The summed E-state index contributed by atoms with van der Waals surface area (Å²) in [6.07, 6.45) is 0.724. The normalized spacial score (nSPS) is 18.0. The summed E-state index contributed by atoms with van der Waals surface area (Å²) in [4.78, 5) is 60.6. The number of carbonyl (C=O) groups excluding carboxylic acids is 4. The Labute approximate surface area is 242 Å². The van der Waals surface area contributed by atoms with E-state index >= 15 is 0 Å². The van der Waals surface area contributed by atoms with E-state index in [0.717, 1.165) is 11.1 Å². The Morgan fingerprint density at radius 3 is 1.33 bits per heavy atom. The number of pyridine rings is 2. The lowest BCUT2D eigenvalue weighted by Gasteiger charge is -2.20. The molecule has 10 nitrogen and oxygen atoms in total. The smallest absolute Gasteiger partial charge is 0.357 e. The van der Waals surface area contributed by atoms with Gasteiger partial charge in [-0.2, -0.15) is 0 Å². The quantitative estimate of drug-likeness (QED) is 0.361. The van der Waals surface area contributed by atoms with Crippen molar-refractivity contribution in [2.75, 3.05) is 13.2 Å². The minimum Gasteiger partial charge on any atom is -0.459 e. The fourth-order valence-electron chi connectivity index (χ4n) is 4.47. The molecule has 212 valence electrons. The van der Waals surface area contributed by atoms with E-state index in [1.54, 1.807) is 6.07 Å². The van der Waals surface area contributed by atoms with Gasteiger partial charge < -0.3 is 20.1 Å². The van der Waals surface area contributed by atoms with Gasteiger partial charge in [-0.05, 0) is 48.2 Å². The van der Waals surface area contributed by atoms with Gasteiger partial charge in [0.1, 0.15) is 36.0 Å². The van der Waals surface area contributed by atoms with Crippen molar-refractivity contribution in [3.8, 4) is 0 Å². The lowest BCUT2D eigenvalue weighted by molar-refractivity contribution is 0.0437. The van der Waals surface area contributed by atoms with Crippen molar-refractivity contribution in [3.63, 3.8) is 0 Å². The second kappa shape index (κ2) is 13.3. The monoisotopic (exact) mass is 564 g/mol. The molecule has 0 aliphatic carbocycles. The Morgan fingerprint density at radius 1 is 0.524 bits per heavy atom. The van der Waals surface area contributed by atoms with Crippen LogP contribution >= 0.6 is 0 Å². The summed E-state index contributed by atoms with van der Waals surface area (Å²) < 4.78 is 11.0. The van der Waals surface area contributed by atoms with Crippen LogP contribution in [0.4, 0.5) is 0 Å². The number of fused-ring (bicyclic) bond motifs is 4. The van der Waals surface area contributed by atoms with Crippen LogP contribution in [0.15, 0.2) is 97.1 Å². The molecule has 2 atom stereocenters. The van der Waals surface area contributed by atoms with Crippen molar-refractivity contribution in [1.82, 2.24) is 20.6 Å². The summed E-state index contributed by atoms with van der Waals surface area (Å²) in [6, 6.07) is 26.5. The molecule has 4 aromatic rings. The molecule has 2 aromatic carbocycles. The van der Waals surface area contributed by atoms with Crippen molar-refractivity contribution in [2.45, 2.75) is 24.9 Å². The zero-order valence-electron chi connectivity index (χ0n) is 22.6. The Bertz CT molecular complexity index is 1470. The molecule has 2 N–H and O–H groups in total. The number of esters is 2. The van der Waals surface area contributed by atoms with Crippen LogP contribution in [0.1, 0.15) is 53.1 Å². The van der Waals surface area contributed by atoms with Crippen molar-refractivity contribution in [1.29, 1.82) is 0 Å². The summed E-state index contributed by atoms with van der Waals surface area (Å²) in [6.45, 7) is -0.339. The number of hydrogen-bond acceptors (Lipinski definition) is 8. The number of aromatic nitrogens is 2. The fraction of sp³-hybridized carbons (Fsp3) is 0.188. The Morgan fingerprint density at radius 2 is 0.905 bits per heavy atom. The van der Waals surface area contributed by atoms with E-state index in [1.165, 1.54) is 30.3 Å². The molecule has 0 radical (unpaired) electrons. The Balaban J connectivity index is 1.45. The average Bonchev–Trinajstić information content (AvgIpc) is 3.02. The van der Waals surface area contributed by atoms with Crippen LogP contribution in [-0.2, 0) is 22.3 Å². The number of benzene rings is 2. The van der Waals surface area contributed by atoms with E-state index in [2.05, 4.69) is 20.6 Å². The summed E-state index contributed by atoms with van der Waals surface area (Å²) in [5.41, 5.74) is 1.70. The van der Waals surface area contributed by atoms with Crippen molar-refractivity contribution in [3.05, 3.63) is 131 Å². The number of rotatable bonds is 4. The molecule has 0 saturated carbocycles. The number of ether oxygens (including phenoxy) is 2. The number of nitrogens with zero attached hydrogens (tertiary/aromatic N) is 2. The van der Waals surface area contributed by atoms with Crippen LogP contribution in [0.3, 0.4) is 0 Å². The molecule has 0 fully saturated rings. The largest absolute Gasteiger partial charge is 0.459 e. The third kappa shape index (κ3) is 7.42. The molecule has 2 aromatic heterocycles. The first-order valence-electron chi connectivity index (χ1n) is 13.4. The van der Waals surface area contributed by atoms with E-state index in [4.69, 9.17) is 9.47 Å². The molecule has 10 heteroatoms. The van der Waals surface area contributed by atoms with E-state index in [-0.39, 0.29) is 36.0 Å². The van der Waals surface area contributed by atoms with Crippen LogP contribution in [0.5, 0.6) is 0 Å². The second-order valence-electron chi connectivity index (χ2n) is 9.73. The molecule has 1 aliphatic heterocycles. The molecule has 0 unspecified atom stereocenters. The van der Waals surface area contributed by atoms with E-state index in [0.29, 0.717) is 12.8 Å². The molecule has 5 rings (SSSR count). The molecule has 4 bridgehead atoms. The SMILES string of the molecule is O=C1N[C@@H](Cc2ccccc2)COC(=O)c2cccc(n2)C(=O)OC[C@H](Cc2ccccc2)NC(=O)c2cccc1n2. The van der Waals surface area contributed by atoms with Gasteiger partial charge in [0.05, 0.1) is 12.1 Å². The highest BCUT2D eigenvalue weighted by Gasteiger charge is 2.23. The topological polar surface area (TPSA) is 137 Å². The van der Waals surface area contributed by atoms with E-state index < -0.39 is 35.8 Å². The van der Waals surface area contributed by atoms with Gasteiger partial charge in [-0.1, -0.05) is 72.8 Å². The summed E-state index contributed by atoms with van der Waals surface area (Å²) in [7, 11) is 0. The maximum Gasteiger partial charge on any atom is 0.357 e. The van der Waals surface area contributed by atoms with E-state index in [9.17, 15) is 19.2 Å². The fourth-order valence-corrected chi connectivity index (χ4v) is 4.47. The summed E-state index contributed by atoms with van der Waals surface area (Å²) in [5, 5.41) is 5.73. The third-order valence-electron chi connectivity index (χ3n) is 6.53. The van der Waals surface area contributed by atoms with Crippen LogP contribution in [-0.4, -0.2) is 59.0 Å². The van der Waals surface area contributed by atoms with Crippen molar-refractivity contribution >= 4 is 23.8 Å². The molecular formula is C32H28N4O6. The molecule has 1 aliphatic rings. The number of carbonyl (C=O) groups is 4. The zero-order valence-corrected chi connectivity index (χ0v) is 22.6. The summed E-state index contributed by atoms with van der Waals surface area (Å²) in [5.74, 6) is -2.57. The van der Waals surface area contributed by atoms with Crippen LogP contribution in [0.25, 0.3) is 0 Å². The Hall–Kier alpha value is -5.38. The molecule has 0 spiro atoms. The summed E-state index contributed by atoms with van der Waals surface area (Å²) >= 11 is 0. The van der Waals surface area contributed by atoms with Gasteiger partial charge in [0.15, 0.2) is 0 Å². The molecular weight excluding hydrogens is 536 g/mol. The molecule has 42 heavy (non-hydrogen) atoms. The van der Waals surface area contributed by atoms with Gasteiger partial charge >= 0.3 is 11.9 Å². The van der Waals surface area contributed by atoms with E-state index in [1.807, 2.05) is 60.7 Å². The lowest BCUT2D eigenvalue weighted by atomic mass is 10.1. The van der Waals surface area contributed by atoms with Crippen LogP contribution < -0.4 is 10.6 Å². The van der Waals surface area contributed by atoms with Crippen LogP contribution in [0.2, 0.25) is 0 Å². The zero-order chi connectivity index (χ0) is 29.3. The van der Waals surface area contributed by atoms with Gasteiger partial charge in [0.25, 0.3) is 11.8 Å². The number of cyclic esters (lactones) is 2. The highest BCUT2D eigenvalue weighted by atomic mass is 16.5. The average molecular weight is 565 g/mol. The first-order valence-corrected chi connectivity index (χ1v) is 13.4. The molecule has 3 heterocycles. The Kier molecular flexibility index (Phi) is 8.93. The molecule has 2 amide bonds. The number of hydrogen-bond donors (Lipinski definition) is 2. The number of nitrogens with one attached hydrogen (secondary N) is 2. The predicted molar refractivity (Wildman–Crippen MR) is 152 cm³/mol. The highest BCUT2D eigenvalue weighted by molar-refractivity contribution is 5.96. The maximum atomic E-state index is 13.2. The first kappa shape index (κ1) is 28.2. The predicted octanol–water partition coefficient (Wildman–Crippen LogP) is 3.19. The van der Waals surface area contributed by atoms with Crippen molar-refractivity contribution < 1.29 is 28.7 Å². The van der Waals surface area contributed by atoms with Crippen LogP contribution in [0, 0.1) is 0 Å². The van der Waals surface area contributed by atoms with Gasteiger partial charge in [0, 0.05) is 0 Å². The van der Waals surface area contributed by atoms with Gasteiger partial charge in [-0.15, -0.1) is 0 Å². The van der Waals surface area contributed by atoms with Crippen molar-refractivity contribution in [2.24, 2.45) is 0 Å². The second-order valence-corrected chi connectivity index (χ2v) is 9.73. The maximum absolute atomic E-state index is 13.2. The first-order chi connectivity index (χ1) is 20.4. The van der Waals surface area contributed by atoms with Gasteiger partial charge in [-0.25, -0.2) is 19.6 Å².